The van der Waals surface area contributed by atoms with Crippen molar-refractivity contribution in [2.24, 2.45) is 0 Å². The molecule has 0 heterocycles. The Labute approximate surface area is 384 Å². The summed E-state index contributed by atoms with van der Waals surface area (Å²) in [5.41, 5.74) is 0. The van der Waals surface area contributed by atoms with Crippen molar-refractivity contribution in [2.75, 3.05) is 47.5 Å². The summed E-state index contributed by atoms with van der Waals surface area (Å²) < 4.78 is 34.3. The molecule has 0 rings (SSSR count). The van der Waals surface area contributed by atoms with E-state index in [0.29, 0.717) is 30.3 Å². The van der Waals surface area contributed by atoms with Gasteiger partial charge in [0.05, 0.1) is 33.9 Å². The SMILES string of the molecule is CC/C=C\CC(O)/C=C/C=C/C/C=C\C/C=C\C/C=C\CCC(=O)O[C@H](COC(=O)CCCCCCCCCCC/C=C\C/C=C\CCCCC)COP(=O)(O)OCC[N+](C)(C)C. The number of esters is 2. The molecule has 2 N–H and O–H groups in total. The van der Waals surface area contributed by atoms with Gasteiger partial charge in [0.1, 0.15) is 19.8 Å². The Kier molecular flexibility index (Phi) is 40.7. The second-order valence-electron chi connectivity index (χ2n) is 17.0. The first kappa shape index (κ1) is 59.9. The molecule has 0 radical (unpaired) electrons. The van der Waals surface area contributed by atoms with Crippen LogP contribution in [0.25, 0.3) is 0 Å². The number of unbranched alkanes of at least 4 members (excludes halogenated alkanes) is 12. The second-order valence-corrected chi connectivity index (χ2v) is 18.4. The standard InChI is InChI=1S/C52H88NO9P/c1-6-8-10-11-12-13-14-15-16-17-18-19-20-23-26-29-32-35-39-43-51(55)59-47-50(48-61-63(57,58)60-46-45-53(3,4)5)62-52(56)44-40-36-33-30-27-24-21-22-25-28-31-34-38-42-49(54)41-37-9-7-2/h9,12-13,15-16,22,24-25,27,31,33-34,36-38,42,49-50,54H,6-8,10-11,14,17-21,23,26,28-30,32,35,39-41,43-48H2,1-5H3/p+1/b13-12-,16-15-,25-22-,27-24-,34-31+,36-33-,37-9-,42-38+/t49?,50-/m1/s1. The smallest absolute Gasteiger partial charge is 0.462 e. The molecule has 0 spiro atoms. The van der Waals surface area contributed by atoms with Gasteiger partial charge in [-0.1, -0.05) is 169 Å². The molecule has 0 bridgehead atoms. The molecule has 0 aliphatic heterocycles. The minimum atomic E-state index is -4.42. The highest BCUT2D eigenvalue weighted by molar-refractivity contribution is 7.47. The summed E-state index contributed by atoms with van der Waals surface area (Å²) in [5.74, 6) is -0.930. The van der Waals surface area contributed by atoms with Gasteiger partial charge in [0, 0.05) is 12.8 Å². The molecule has 0 amide bonds. The van der Waals surface area contributed by atoms with Crippen LogP contribution in [0.1, 0.15) is 162 Å². The van der Waals surface area contributed by atoms with Crippen molar-refractivity contribution in [3.05, 3.63) is 97.2 Å². The van der Waals surface area contributed by atoms with Gasteiger partial charge in [-0.15, -0.1) is 0 Å². The summed E-state index contributed by atoms with van der Waals surface area (Å²) in [6, 6.07) is 0. The normalized spacial score (nSPS) is 14.8. The zero-order chi connectivity index (χ0) is 46.5. The van der Waals surface area contributed by atoms with E-state index in [-0.39, 0.29) is 26.1 Å². The Morgan fingerprint density at radius 1 is 0.587 bits per heavy atom. The average molecular weight is 903 g/mol. The van der Waals surface area contributed by atoms with Gasteiger partial charge in [0.2, 0.25) is 0 Å². The lowest BCUT2D eigenvalue weighted by molar-refractivity contribution is -0.870. The van der Waals surface area contributed by atoms with Crippen molar-refractivity contribution in [2.45, 2.75) is 174 Å². The fourth-order valence-electron chi connectivity index (χ4n) is 5.92. The summed E-state index contributed by atoms with van der Waals surface area (Å²) in [5, 5.41) is 9.86. The summed E-state index contributed by atoms with van der Waals surface area (Å²) >= 11 is 0. The van der Waals surface area contributed by atoms with Gasteiger partial charge in [0.25, 0.3) is 0 Å². The van der Waals surface area contributed by atoms with Crippen LogP contribution in [-0.4, -0.2) is 86.1 Å². The van der Waals surface area contributed by atoms with E-state index in [1.54, 1.807) is 6.08 Å². The Morgan fingerprint density at radius 2 is 1.13 bits per heavy atom. The van der Waals surface area contributed by atoms with E-state index in [2.05, 4.69) is 62.5 Å². The number of carbonyl (C=O) groups is 2. The van der Waals surface area contributed by atoms with Crippen LogP contribution in [0.2, 0.25) is 0 Å². The summed E-state index contributed by atoms with van der Waals surface area (Å²) in [4.78, 5) is 35.4. The van der Waals surface area contributed by atoms with Gasteiger partial charge in [-0.2, -0.15) is 0 Å². The van der Waals surface area contributed by atoms with Crippen molar-refractivity contribution in [1.82, 2.24) is 0 Å². The molecule has 0 fully saturated rings. The van der Waals surface area contributed by atoms with Crippen molar-refractivity contribution in [3.8, 4) is 0 Å². The molecule has 2 unspecified atom stereocenters. The van der Waals surface area contributed by atoms with Crippen LogP contribution in [0.15, 0.2) is 97.2 Å². The van der Waals surface area contributed by atoms with Crippen LogP contribution in [0.5, 0.6) is 0 Å². The first-order chi connectivity index (χ1) is 30.4. The van der Waals surface area contributed by atoms with Crippen LogP contribution >= 0.6 is 7.82 Å². The van der Waals surface area contributed by atoms with Gasteiger partial charge >= 0.3 is 19.8 Å². The third-order valence-corrected chi connectivity index (χ3v) is 10.7. The first-order valence-electron chi connectivity index (χ1n) is 24.1. The maximum Gasteiger partial charge on any atom is 0.472 e. The zero-order valence-electron chi connectivity index (χ0n) is 40.1. The quantitative estimate of drug-likeness (QED) is 0.0154. The molecule has 0 saturated heterocycles. The number of hydrogen-bond donors (Lipinski definition) is 2. The lowest BCUT2D eigenvalue weighted by atomic mass is 10.1. The Balaban J connectivity index is 4.48. The maximum absolute atomic E-state index is 12.7. The molecule has 0 aliphatic carbocycles. The highest BCUT2D eigenvalue weighted by Gasteiger charge is 2.27. The number of phosphoric ester groups is 1. The Hall–Kier alpha value is -3.11. The molecule has 3 atom stereocenters. The number of ether oxygens (including phenoxy) is 2. The van der Waals surface area contributed by atoms with Gasteiger partial charge in [-0.05, 0) is 77.0 Å². The fraction of sp³-hybridized carbons (Fsp3) is 0.654. The number of rotatable bonds is 42. The third kappa shape index (κ3) is 46.7. The molecule has 0 aromatic carbocycles. The van der Waals surface area contributed by atoms with Crippen LogP contribution in [0, 0.1) is 0 Å². The predicted octanol–water partition coefficient (Wildman–Crippen LogP) is 13.1. The molecule has 11 heteroatoms. The molecular weight excluding hydrogens is 814 g/mol. The van der Waals surface area contributed by atoms with E-state index in [4.69, 9.17) is 18.5 Å². The van der Waals surface area contributed by atoms with E-state index in [1.165, 1.54) is 57.8 Å². The van der Waals surface area contributed by atoms with Crippen LogP contribution in [0.3, 0.4) is 0 Å². The Morgan fingerprint density at radius 3 is 1.71 bits per heavy atom. The number of aliphatic hydroxyl groups is 1. The number of carbonyl (C=O) groups excluding carboxylic acids is 2. The van der Waals surface area contributed by atoms with E-state index >= 15 is 0 Å². The van der Waals surface area contributed by atoms with Gasteiger partial charge in [0.15, 0.2) is 6.10 Å². The van der Waals surface area contributed by atoms with Crippen molar-refractivity contribution < 1.29 is 47.2 Å². The monoisotopic (exact) mass is 903 g/mol. The summed E-state index contributed by atoms with van der Waals surface area (Å²) in [7, 11) is 1.39. The average Bonchev–Trinajstić information content (AvgIpc) is 3.23. The maximum atomic E-state index is 12.7. The molecular formula is C52H89NO9P+. The number of aliphatic hydroxyl groups excluding tert-OH is 1. The number of quaternary nitrogens is 1. The molecule has 0 aromatic heterocycles. The second kappa shape index (κ2) is 42.8. The largest absolute Gasteiger partial charge is 0.472 e. The lowest BCUT2D eigenvalue weighted by Crippen LogP contribution is -2.37. The van der Waals surface area contributed by atoms with Gasteiger partial charge in [-0.3, -0.25) is 18.6 Å². The van der Waals surface area contributed by atoms with Crippen molar-refractivity contribution in [3.63, 3.8) is 0 Å². The highest BCUT2D eigenvalue weighted by Crippen LogP contribution is 2.43. The zero-order valence-corrected chi connectivity index (χ0v) is 41.0. The van der Waals surface area contributed by atoms with Crippen LogP contribution in [0.4, 0.5) is 0 Å². The lowest BCUT2D eigenvalue weighted by Gasteiger charge is -2.24. The van der Waals surface area contributed by atoms with Gasteiger partial charge < -0.3 is 24.0 Å². The number of nitrogens with zero attached hydrogens (tertiary/aromatic N) is 1. The van der Waals surface area contributed by atoms with E-state index in [0.717, 1.165) is 57.8 Å². The molecule has 10 nitrogen and oxygen atoms in total. The summed E-state index contributed by atoms with van der Waals surface area (Å²) in [6.45, 7) is 4.07. The molecule has 360 valence electrons. The van der Waals surface area contributed by atoms with Crippen LogP contribution in [-0.2, 0) is 32.7 Å². The predicted molar refractivity (Wildman–Crippen MR) is 262 cm³/mol. The Bertz CT molecular complexity index is 1410. The first-order valence-corrected chi connectivity index (χ1v) is 25.6. The molecule has 0 saturated carbocycles. The van der Waals surface area contributed by atoms with Gasteiger partial charge in [-0.25, -0.2) is 4.57 Å². The fourth-order valence-corrected chi connectivity index (χ4v) is 6.66. The van der Waals surface area contributed by atoms with E-state index < -0.39 is 38.6 Å². The highest BCUT2D eigenvalue weighted by atomic mass is 31.2. The van der Waals surface area contributed by atoms with Crippen molar-refractivity contribution >= 4 is 19.8 Å². The topological polar surface area (TPSA) is 129 Å². The minimum absolute atomic E-state index is 0.00508. The van der Waals surface area contributed by atoms with E-state index in [1.807, 2.05) is 63.7 Å². The number of hydrogen-bond acceptors (Lipinski definition) is 8. The van der Waals surface area contributed by atoms with Crippen molar-refractivity contribution in [1.29, 1.82) is 0 Å². The molecule has 0 aliphatic rings. The summed E-state index contributed by atoms with van der Waals surface area (Å²) in [6.07, 6.45) is 53.7. The number of allylic oxidation sites excluding steroid dienone is 14. The number of phosphoric acid groups is 1. The number of likely N-dealkylation sites (N-methyl/N-ethyl adjacent to an activating group) is 1. The van der Waals surface area contributed by atoms with E-state index in [9.17, 15) is 24.2 Å². The molecule has 0 aromatic rings. The minimum Gasteiger partial charge on any atom is -0.462 e. The third-order valence-electron chi connectivity index (χ3n) is 9.69. The van der Waals surface area contributed by atoms with Crippen LogP contribution < -0.4 is 0 Å². The molecule has 63 heavy (non-hydrogen) atoms.